The van der Waals surface area contributed by atoms with Gasteiger partial charge in [-0.2, -0.15) is 0 Å². The second-order valence-electron chi connectivity index (χ2n) is 3.81. The average Bonchev–Trinajstić information content (AvgIpc) is 2.28. The molecular weight excluding hydrogens is 204 g/mol. The van der Waals surface area contributed by atoms with Crippen LogP contribution in [-0.2, 0) is 0 Å². The van der Waals surface area contributed by atoms with Crippen molar-refractivity contribution in [1.29, 1.82) is 0 Å². The molecule has 2 N–H and O–H groups in total. The maximum Gasteiger partial charge on any atom is 0.251 e. The van der Waals surface area contributed by atoms with Crippen molar-refractivity contribution >= 4 is 5.91 Å². The largest absolute Gasteiger partial charge is 0.349 e. The third kappa shape index (κ3) is 3.53. The standard InChI is InChI=1S/C12H18N2O2/c1-3-5-10(4-2)14-12(16)9-6-7-13-11(15)8-9/h6-8,10H,3-5H2,1-2H3,(H,13,15)(H,14,16). The molecule has 0 saturated carbocycles. The van der Waals surface area contributed by atoms with Crippen LogP contribution < -0.4 is 10.9 Å². The fraction of sp³-hybridized carbons (Fsp3) is 0.500. The molecule has 0 aliphatic rings. The fourth-order valence-corrected chi connectivity index (χ4v) is 1.58. The lowest BCUT2D eigenvalue weighted by Crippen LogP contribution is -2.34. The number of amides is 1. The van der Waals surface area contributed by atoms with Gasteiger partial charge in [-0.25, -0.2) is 0 Å². The van der Waals surface area contributed by atoms with E-state index in [2.05, 4.69) is 17.2 Å². The zero-order valence-electron chi connectivity index (χ0n) is 9.75. The van der Waals surface area contributed by atoms with E-state index in [9.17, 15) is 9.59 Å². The molecule has 1 heterocycles. The van der Waals surface area contributed by atoms with Crippen LogP contribution in [0.2, 0.25) is 0 Å². The van der Waals surface area contributed by atoms with Crippen molar-refractivity contribution in [2.75, 3.05) is 0 Å². The van der Waals surface area contributed by atoms with Gasteiger partial charge in [0.1, 0.15) is 0 Å². The lowest BCUT2D eigenvalue weighted by atomic mass is 10.1. The molecule has 1 amide bonds. The van der Waals surface area contributed by atoms with Crippen LogP contribution in [0.4, 0.5) is 0 Å². The van der Waals surface area contributed by atoms with Gasteiger partial charge >= 0.3 is 0 Å². The maximum atomic E-state index is 11.8. The molecule has 1 unspecified atom stereocenters. The molecular formula is C12H18N2O2. The van der Waals surface area contributed by atoms with E-state index in [0.717, 1.165) is 19.3 Å². The Hall–Kier alpha value is -1.58. The average molecular weight is 222 g/mol. The summed E-state index contributed by atoms with van der Waals surface area (Å²) in [6.07, 6.45) is 4.39. The van der Waals surface area contributed by atoms with E-state index < -0.39 is 0 Å². The third-order valence-corrected chi connectivity index (χ3v) is 2.50. The highest BCUT2D eigenvalue weighted by atomic mass is 16.2. The molecule has 0 saturated heterocycles. The van der Waals surface area contributed by atoms with Gasteiger partial charge in [-0.05, 0) is 18.9 Å². The minimum Gasteiger partial charge on any atom is -0.349 e. The predicted molar refractivity (Wildman–Crippen MR) is 63.5 cm³/mol. The zero-order chi connectivity index (χ0) is 12.0. The lowest BCUT2D eigenvalue weighted by Gasteiger charge is -2.15. The number of nitrogens with one attached hydrogen (secondary N) is 2. The molecule has 0 aliphatic carbocycles. The minimum atomic E-state index is -0.254. The molecule has 0 fully saturated rings. The van der Waals surface area contributed by atoms with Crippen LogP contribution in [0.1, 0.15) is 43.5 Å². The molecule has 0 radical (unpaired) electrons. The van der Waals surface area contributed by atoms with Crippen LogP contribution in [0.5, 0.6) is 0 Å². The second-order valence-corrected chi connectivity index (χ2v) is 3.81. The van der Waals surface area contributed by atoms with Crippen molar-refractivity contribution < 1.29 is 4.79 Å². The number of rotatable bonds is 5. The van der Waals surface area contributed by atoms with Crippen molar-refractivity contribution in [2.45, 2.75) is 39.2 Å². The lowest BCUT2D eigenvalue weighted by molar-refractivity contribution is 0.0933. The predicted octanol–water partition coefficient (Wildman–Crippen LogP) is 1.68. The number of hydrogen-bond donors (Lipinski definition) is 2. The van der Waals surface area contributed by atoms with E-state index >= 15 is 0 Å². The Labute approximate surface area is 95.1 Å². The van der Waals surface area contributed by atoms with Crippen LogP contribution in [0.25, 0.3) is 0 Å². The highest BCUT2D eigenvalue weighted by Crippen LogP contribution is 2.03. The molecule has 0 aliphatic heterocycles. The molecule has 4 heteroatoms. The van der Waals surface area contributed by atoms with Crippen LogP contribution >= 0.6 is 0 Å². The first-order valence-electron chi connectivity index (χ1n) is 5.67. The Bertz CT molecular complexity index is 398. The molecule has 0 aromatic carbocycles. The molecule has 0 bridgehead atoms. The molecule has 1 aromatic heterocycles. The van der Waals surface area contributed by atoms with Gasteiger partial charge < -0.3 is 10.3 Å². The summed E-state index contributed by atoms with van der Waals surface area (Å²) in [4.78, 5) is 25.3. The summed E-state index contributed by atoms with van der Waals surface area (Å²) < 4.78 is 0. The summed E-state index contributed by atoms with van der Waals surface area (Å²) >= 11 is 0. The SMILES string of the molecule is CCCC(CC)NC(=O)c1cc[nH]c(=O)c1. The third-order valence-electron chi connectivity index (χ3n) is 2.50. The van der Waals surface area contributed by atoms with Gasteiger partial charge in [-0.15, -0.1) is 0 Å². The van der Waals surface area contributed by atoms with Crippen LogP contribution in [0.15, 0.2) is 23.1 Å². The van der Waals surface area contributed by atoms with Gasteiger partial charge in [0.25, 0.3) is 5.91 Å². The van der Waals surface area contributed by atoms with Crippen molar-refractivity contribution in [2.24, 2.45) is 0 Å². The Kier molecular flexibility index (Phi) is 4.76. The van der Waals surface area contributed by atoms with E-state index in [1.54, 1.807) is 6.07 Å². The summed E-state index contributed by atoms with van der Waals surface area (Å²) in [7, 11) is 0. The summed E-state index contributed by atoms with van der Waals surface area (Å²) in [6, 6.07) is 3.11. The van der Waals surface area contributed by atoms with Crippen molar-refractivity contribution in [3.05, 3.63) is 34.2 Å². The van der Waals surface area contributed by atoms with Crippen molar-refractivity contribution in [1.82, 2.24) is 10.3 Å². The van der Waals surface area contributed by atoms with Gasteiger partial charge in [-0.1, -0.05) is 20.3 Å². The first-order chi connectivity index (χ1) is 7.67. The van der Waals surface area contributed by atoms with Crippen LogP contribution in [-0.4, -0.2) is 16.9 Å². The quantitative estimate of drug-likeness (QED) is 0.796. The van der Waals surface area contributed by atoms with Crippen LogP contribution in [0.3, 0.4) is 0 Å². The normalized spacial score (nSPS) is 12.1. The first-order valence-corrected chi connectivity index (χ1v) is 5.67. The Morgan fingerprint density at radius 1 is 1.50 bits per heavy atom. The molecule has 1 aromatic rings. The highest BCUT2D eigenvalue weighted by molar-refractivity contribution is 5.94. The summed E-state index contributed by atoms with van der Waals surface area (Å²) in [5.41, 5.74) is 0.162. The van der Waals surface area contributed by atoms with Crippen molar-refractivity contribution in [3.63, 3.8) is 0 Å². The Morgan fingerprint density at radius 3 is 2.81 bits per heavy atom. The van der Waals surface area contributed by atoms with Gasteiger partial charge in [0.2, 0.25) is 5.56 Å². The van der Waals surface area contributed by atoms with E-state index in [1.165, 1.54) is 12.3 Å². The second kappa shape index (κ2) is 6.10. The highest BCUT2D eigenvalue weighted by Gasteiger charge is 2.11. The maximum absolute atomic E-state index is 11.8. The number of aromatic nitrogens is 1. The number of pyridine rings is 1. The fourth-order valence-electron chi connectivity index (χ4n) is 1.58. The molecule has 4 nitrogen and oxygen atoms in total. The number of hydrogen-bond acceptors (Lipinski definition) is 2. The molecule has 1 atom stereocenters. The summed E-state index contributed by atoms with van der Waals surface area (Å²) in [5.74, 6) is -0.175. The van der Waals surface area contributed by atoms with Gasteiger partial charge in [-0.3, -0.25) is 9.59 Å². The van der Waals surface area contributed by atoms with E-state index in [4.69, 9.17) is 0 Å². The van der Waals surface area contributed by atoms with Gasteiger partial charge in [0, 0.05) is 23.9 Å². The zero-order valence-corrected chi connectivity index (χ0v) is 9.75. The summed E-state index contributed by atoms with van der Waals surface area (Å²) in [6.45, 7) is 4.13. The molecule has 1 rings (SSSR count). The van der Waals surface area contributed by atoms with E-state index in [0.29, 0.717) is 5.56 Å². The first kappa shape index (κ1) is 12.5. The number of H-pyrrole nitrogens is 1. The smallest absolute Gasteiger partial charge is 0.251 e. The number of aromatic amines is 1. The van der Waals surface area contributed by atoms with Gasteiger partial charge in [0.15, 0.2) is 0 Å². The number of carbonyl (C=O) groups excluding carboxylic acids is 1. The minimum absolute atomic E-state index is 0.175. The Morgan fingerprint density at radius 2 is 2.25 bits per heavy atom. The Balaban J connectivity index is 2.67. The summed E-state index contributed by atoms with van der Waals surface area (Å²) in [5, 5.41) is 2.92. The van der Waals surface area contributed by atoms with Crippen molar-refractivity contribution in [3.8, 4) is 0 Å². The monoisotopic (exact) mass is 222 g/mol. The molecule has 16 heavy (non-hydrogen) atoms. The number of carbonyl (C=O) groups is 1. The molecule has 88 valence electrons. The van der Waals surface area contributed by atoms with Gasteiger partial charge in [0.05, 0.1) is 0 Å². The molecule has 0 spiro atoms. The van der Waals surface area contributed by atoms with E-state index in [-0.39, 0.29) is 17.5 Å². The van der Waals surface area contributed by atoms with Crippen LogP contribution in [0, 0.1) is 0 Å². The van der Waals surface area contributed by atoms with E-state index in [1.807, 2.05) is 6.92 Å². The topological polar surface area (TPSA) is 62.0 Å².